The Morgan fingerprint density at radius 3 is 2.55 bits per heavy atom. The fourth-order valence-electron chi connectivity index (χ4n) is 4.86. The molecule has 1 saturated heterocycles. The Morgan fingerprint density at radius 1 is 1.06 bits per heavy atom. The van der Waals surface area contributed by atoms with Crippen molar-refractivity contribution >= 4 is 17.7 Å². The number of ether oxygens (including phenoxy) is 2. The summed E-state index contributed by atoms with van der Waals surface area (Å²) in [7, 11) is 0. The van der Waals surface area contributed by atoms with Crippen molar-refractivity contribution in [3.8, 4) is 11.5 Å². The highest BCUT2D eigenvalue weighted by molar-refractivity contribution is 5.84. The van der Waals surface area contributed by atoms with Gasteiger partial charge in [0.15, 0.2) is 11.5 Å². The summed E-state index contributed by atoms with van der Waals surface area (Å²) in [5.41, 5.74) is 3.77. The molecule has 1 N–H and O–H groups in total. The number of carbonyl (C=O) groups is 1. The summed E-state index contributed by atoms with van der Waals surface area (Å²) in [5.74, 6) is 1.56. The third-order valence-corrected chi connectivity index (χ3v) is 6.47. The van der Waals surface area contributed by atoms with E-state index in [1.165, 1.54) is 16.8 Å². The first-order chi connectivity index (χ1) is 14.8. The quantitative estimate of drug-likeness (QED) is 0.728. The molecule has 1 fully saturated rings. The van der Waals surface area contributed by atoms with E-state index < -0.39 is 5.66 Å². The van der Waals surface area contributed by atoms with E-state index in [1.54, 1.807) is 0 Å². The number of nitrogens with zero attached hydrogens (tertiary/aromatic N) is 1. The van der Waals surface area contributed by atoms with E-state index in [0.29, 0.717) is 26.2 Å². The molecule has 2 heterocycles. The minimum atomic E-state index is -0.622. The summed E-state index contributed by atoms with van der Waals surface area (Å²) < 4.78 is 11.5. The molecule has 2 aliphatic heterocycles. The van der Waals surface area contributed by atoms with E-state index in [2.05, 4.69) is 61.3 Å². The lowest BCUT2D eigenvalue weighted by molar-refractivity contribution is -0.124. The maximum Gasteiger partial charge on any atom is 0.223 e. The Bertz CT molecular complexity index is 1030. The zero-order chi connectivity index (χ0) is 22.2. The summed E-state index contributed by atoms with van der Waals surface area (Å²) in [4.78, 5) is 14.9. The molecule has 2 aliphatic rings. The van der Waals surface area contributed by atoms with Gasteiger partial charge in [0.2, 0.25) is 5.91 Å². The number of nitrogens with one attached hydrogen (secondary N) is 1. The number of hydrogen-bond acceptors (Lipinski definition) is 4. The van der Waals surface area contributed by atoms with Crippen molar-refractivity contribution in [1.82, 2.24) is 5.32 Å². The van der Waals surface area contributed by atoms with Gasteiger partial charge >= 0.3 is 0 Å². The second-order valence-corrected chi connectivity index (χ2v) is 8.77. The van der Waals surface area contributed by atoms with Crippen LogP contribution in [0, 0.1) is 6.92 Å². The average molecular weight is 421 g/mol. The van der Waals surface area contributed by atoms with Crippen LogP contribution in [0.4, 0.5) is 5.69 Å². The molecule has 0 unspecified atom stereocenters. The molecule has 0 bridgehead atoms. The molecule has 0 spiro atoms. The Morgan fingerprint density at radius 2 is 1.81 bits per heavy atom. The fraction of sp³-hybridized carbons (Fsp3) is 0.423. The summed E-state index contributed by atoms with van der Waals surface area (Å²) in [6, 6.07) is 12.5. The van der Waals surface area contributed by atoms with Gasteiger partial charge in [0.25, 0.3) is 0 Å². The number of hydrogen-bond donors (Lipinski definition) is 1. The van der Waals surface area contributed by atoms with Crippen LogP contribution in [0.1, 0.15) is 50.8 Å². The zero-order valence-corrected chi connectivity index (χ0v) is 19.1. The maximum atomic E-state index is 12.6. The first-order valence-electron chi connectivity index (χ1n) is 11.1. The van der Waals surface area contributed by atoms with Gasteiger partial charge in [-0.15, -0.1) is 0 Å². The van der Waals surface area contributed by atoms with Crippen LogP contribution < -0.4 is 19.7 Å². The molecule has 31 heavy (non-hydrogen) atoms. The van der Waals surface area contributed by atoms with E-state index in [1.807, 2.05) is 32.0 Å². The monoisotopic (exact) mass is 420 g/mol. The topological polar surface area (TPSA) is 50.8 Å². The summed E-state index contributed by atoms with van der Waals surface area (Å²) in [6.07, 6.45) is 4.72. The first kappa shape index (κ1) is 21.3. The van der Waals surface area contributed by atoms with Gasteiger partial charge in [-0.2, -0.15) is 0 Å². The minimum absolute atomic E-state index is 0.0835. The first-order valence-corrected chi connectivity index (χ1v) is 11.1. The normalized spacial score (nSPS) is 21.6. The lowest BCUT2D eigenvalue weighted by Gasteiger charge is -2.49. The van der Waals surface area contributed by atoms with Crippen molar-refractivity contribution in [2.24, 2.45) is 0 Å². The van der Waals surface area contributed by atoms with E-state index in [9.17, 15) is 4.79 Å². The van der Waals surface area contributed by atoms with Crippen molar-refractivity contribution in [1.29, 1.82) is 0 Å². The van der Waals surface area contributed by atoms with Crippen molar-refractivity contribution in [3.05, 3.63) is 59.2 Å². The summed E-state index contributed by atoms with van der Waals surface area (Å²) in [5, 5.41) is 3.33. The Kier molecular flexibility index (Phi) is 5.46. The van der Waals surface area contributed by atoms with Crippen LogP contribution in [-0.2, 0) is 10.2 Å². The third-order valence-electron chi connectivity index (χ3n) is 6.47. The largest absolute Gasteiger partial charge is 0.490 e. The van der Waals surface area contributed by atoms with Crippen LogP contribution in [0.5, 0.6) is 11.5 Å². The van der Waals surface area contributed by atoms with Crippen LogP contribution in [0.3, 0.4) is 0 Å². The Labute approximate surface area is 185 Å². The predicted molar refractivity (Wildman–Crippen MR) is 125 cm³/mol. The van der Waals surface area contributed by atoms with E-state index in [-0.39, 0.29) is 11.3 Å². The smallest absolute Gasteiger partial charge is 0.223 e. The number of aryl methyl sites for hydroxylation is 1. The molecule has 1 atom stereocenters. The number of anilines is 1. The molecule has 4 rings (SSSR count). The highest BCUT2D eigenvalue weighted by atomic mass is 16.5. The molecule has 5 nitrogen and oxygen atoms in total. The second-order valence-electron chi connectivity index (χ2n) is 8.77. The molecule has 164 valence electrons. The van der Waals surface area contributed by atoms with E-state index >= 15 is 0 Å². The SMILES string of the molecule is CCOc1ccc(/C=C/[C@@]23NC(=O)CCN2c2ccc(C)cc2C3(C)C)cc1OCC. The lowest BCUT2D eigenvalue weighted by atomic mass is 9.74. The average Bonchev–Trinajstić information content (AvgIpc) is 2.92. The number of amides is 1. The summed E-state index contributed by atoms with van der Waals surface area (Å²) >= 11 is 0. The van der Waals surface area contributed by atoms with Crippen LogP contribution in [0.2, 0.25) is 0 Å². The Hall–Kier alpha value is -2.95. The van der Waals surface area contributed by atoms with Crippen molar-refractivity contribution in [2.75, 3.05) is 24.7 Å². The van der Waals surface area contributed by atoms with Gasteiger partial charge in [-0.1, -0.05) is 43.7 Å². The van der Waals surface area contributed by atoms with Crippen LogP contribution in [0.25, 0.3) is 6.08 Å². The van der Waals surface area contributed by atoms with Crippen LogP contribution in [-0.4, -0.2) is 31.3 Å². The van der Waals surface area contributed by atoms with Gasteiger partial charge in [-0.25, -0.2) is 0 Å². The fourth-order valence-corrected chi connectivity index (χ4v) is 4.86. The van der Waals surface area contributed by atoms with E-state index in [0.717, 1.165) is 17.1 Å². The molecule has 0 aliphatic carbocycles. The molecule has 1 amide bonds. The second kappa shape index (κ2) is 7.95. The van der Waals surface area contributed by atoms with Crippen LogP contribution in [0.15, 0.2) is 42.5 Å². The highest BCUT2D eigenvalue weighted by Crippen LogP contribution is 2.52. The van der Waals surface area contributed by atoms with Gasteiger partial charge in [0.05, 0.1) is 13.2 Å². The highest BCUT2D eigenvalue weighted by Gasteiger charge is 2.57. The Balaban J connectivity index is 1.77. The molecule has 2 aromatic carbocycles. The van der Waals surface area contributed by atoms with Gasteiger partial charge in [0, 0.05) is 24.1 Å². The third kappa shape index (κ3) is 3.46. The summed E-state index contributed by atoms with van der Waals surface area (Å²) in [6.45, 7) is 12.3. The number of benzene rings is 2. The molecule has 0 aromatic heterocycles. The lowest BCUT2D eigenvalue weighted by Crippen LogP contribution is -2.68. The molecule has 5 heteroatoms. The molecule has 2 aromatic rings. The number of rotatable bonds is 6. The van der Waals surface area contributed by atoms with Gasteiger partial charge in [-0.05, 0) is 56.2 Å². The van der Waals surface area contributed by atoms with Crippen molar-refractivity contribution < 1.29 is 14.3 Å². The van der Waals surface area contributed by atoms with Crippen molar-refractivity contribution in [2.45, 2.75) is 52.1 Å². The van der Waals surface area contributed by atoms with Gasteiger partial charge < -0.3 is 19.7 Å². The maximum absolute atomic E-state index is 12.6. The van der Waals surface area contributed by atoms with Gasteiger partial charge in [-0.3, -0.25) is 4.79 Å². The van der Waals surface area contributed by atoms with Gasteiger partial charge in [0.1, 0.15) is 5.66 Å². The number of carbonyl (C=O) groups excluding carboxylic acids is 1. The molecular formula is C26H32N2O3. The molecular weight excluding hydrogens is 388 g/mol. The zero-order valence-electron chi connectivity index (χ0n) is 19.1. The predicted octanol–water partition coefficient (Wildman–Crippen LogP) is 4.82. The molecule has 0 saturated carbocycles. The minimum Gasteiger partial charge on any atom is -0.490 e. The van der Waals surface area contributed by atoms with E-state index in [4.69, 9.17) is 9.47 Å². The number of fused-ring (bicyclic) bond motifs is 3. The standard InChI is InChI=1S/C26H32N2O3/c1-6-30-22-11-9-19(17-23(22)31-7-2)12-14-26-25(4,5)20-16-18(3)8-10-21(20)28(26)15-13-24(29)27-26/h8-12,14,16-17H,6-7,13,15H2,1-5H3,(H,27,29)/b14-12+/t26-/m1/s1. The molecule has 0 radical (unpaired) electrons. The van der Waals surface area contributed by atoms with Crippen LogP contribution >= 0.6 is 0 Å². The van der Waals surface area contributed by atoms with Crippen molar-refractivity contribution in [3.63, 3.8) is 0 Å².